The minimum absolute atomic E-state index is 0. The fourth-order valence-corrected chi connectivity index (χ4v) is 3.33. The number of piperazine rings is 1. The summed E-state index contributed by atoms with van der Waals surface area (Å²) in [6.07, 6.45) is 0. The molecule has 0 spiro atoms. The lowest BCUT2D eigenvalue weighted by Crippen LogP contribution is -2.52. The molecular weight excluding hydrogens is 276 g/mol. The molecule has 8 heteroatoms. The topological polar surface area (TPSA) is 75.2 Å². The van der Waals surface area contributed by atoms with Crippen LogP contribution >= 0.6 is 12.4 Å². The van der Waals surface area contributed by atoms with Crippen molar-refractivity contribution in [3.63, 3.8) is 0 Å². The van der Waals surface area contributed by atoms with E-state index in [0.29, 0.717) is 25.3 Å². The molecule has 1 fully saturated rings. The van der Waals surface area contributed by atoms with Gasteiger partial charge in [0.1, 0.15) is 0 Å². The van der Waals surface area contributed by atoms with Crippen LogP contribution in [0.3, 0.4) is 0 Å². The van der Waals surface area contributed by atoms with Crippen LogP contribution in [0.2, 0.25) is 0 Å². The summed E-state index contributed by atoms with van der Waals surface area (Å²) in [5.41, 5.74) is 0.706. The average Bonchev–Trinajstić information content (AvgIpc) is 2.30. The van der Waals surface area contributed by atoms with E-state index in [2.05, 4.69) is 15.5 Å². The first kappa shape index (κ1) is 15.3. The Morgan fingerprint density at radius 1 is 1.39 bits per heavy atom. The molecule has 1 N–H and O–H groups in total. The van der Waals surface area contributed by atoms with Crippen molar-refractivity contribution in [2.45, 2.75) is 24.9 Å². The minimum atomic E-state index is -3.51. The quantitative estimate of drug-likeness (QED) is 0.842. The van der Waals surface area contributed by atoms with Crippen molar-refractivity contribution < 1.29 is 8.42 Å². The summed E-state index contributed by atoms with van der Waals surface area (Å²) < 4.78 is 26.1. The number of rotatable bonds is 2. The molecule has 0 radical (unpaired) electrons. The van der Waals surface area contributed by atoms with Crippen molar-refractivity contribution in [3.8, 4) is 0 Å². The Balaban J connectivity index is 0.00000162. The zero-order valence-corrected chi connectivity index (χ0v) is 12.0. The highest BCUT2D eigenvalue weighted by molar-refractivity contribution is 7.89. The zero-order chi connectivity index (χ0) is 12.5. The Morgan fingerprint density at radius 3 is 2.67 bits per heavy atom. The van der Waals surface area contributed by atoms with Crippen LogP contribution in [0.4, 0.5) is 0 Å². The van der Waals surface area contributed by atoms with Gasteiger partial charge in [-0.1, -0.05) is 0 Å². The molecular formula is C10H17ClN4O2S. The molecule has 2 heterocycles. The molecule has 0 saturated carbocycles. The van der Waals surface area contributed by atoms with E-state index in [-0.39, 0.29) is 23.5 Å². The molecule has 0 aliphatic carbocycles. The summed E-state index contributed by atoms with van der Waals surface area (Å²) in [7, 11) is -3.51. The Hall–Kier alpha value is -0.760. The van der Waals surface area contributed by atoms with Crippen molar-refractivity contribution in [1.82, 2.24) is 19.8 Å². The van der Waals surface area contributed by atoms with E-state index in [4.69, 9.17) is 0 Å². The van der Waals surface area contributed by atoms with E-state index in [1.807, 2.05) is 6.92 Å². The van der Waals surface area contributed by atoms with Gasteiger partial charge in [0, 0.05) is 25.7 Å². The first-order valence-electron chi connectivity index (χ1n) is 5.55. The van der Waals surface area contributed by atoms with Gasteiger partial charge in [0.2, 0.25) is 0 Å². The van der Waals surface area contributed by atoms with Crippen molar-refractivity contribution in [3.05, 3.63) is 17.8 Å². The second kappa shape index (κ2) is 5.92. The predicted octanol–water partition coefficient (Wildman–Crippen LogP) is 0.189. The molecule has 102 valence electrons. The smallest absolute Gasteiger partial charge is 0.262 e. The predicted molar refractivity (Wildman–Crippen MR) is 70.2 cm³/mol. The molecule has 1 aliphatic rings. The molecule has 0 bridgehead atoms. The zero-order valence-electron chi connectivity index (χ0n) is 10.3. The van der Waals surface area contributed by atoms with Crippen molar-refractivity contribution in [2.75, 3.05) is 19.6 Å². The van der Waals surface area contributed by atoms with Crippen LogP contribution in [-0.2, 0) is 10.0 Å². The Bertz CT molecular complexity index is 491. The van der Waals surface area contributed by atoms with Gasteiger partial charge >= 0.3 is 0 Å². The maximum absolute atomic E-state index is 12.3. The van der Waals surface area contributed by atoms with Gasteiger partial charge in [-0.25, -0.2) is 8.42 Å². The Labute approximate surface area is 113 Å². The third kappa shape index (κ3) is 2.97. The van der Waals surface area contributed by atoms with Gasteiger partial charge in [0.05, 0.1) is 5.69 Å². The van der Waals surface area contributed by atoms with Crippen LogP contribution in [0.25, 0.3) is 0 Å². The van der Waals surface area contributed by atoms with E-state index < -0.39 is 10.0 Å². The van der Waals surface area contributed by atoms with E-state index in [9.17, 15) is 8.42 Å². The number of halogens is 1. The largest absolute Gasteiger partial charge is 0.314 e. The number of aryl methyl sites for hydroxylation is 1. The Kier molecular flexibility index (Phi) is 5.03. The molecule has 1 aromatic heterocycles. The van der Waals surface area contributed by atoms with Crippen LogP contribution in [0.1, 0.15) is 12.6 Å². The van der Waals surface area contributed by atoms with Gasteiger partial charge in [0.25, 0.3) is 10.0 Å². The first-order valence-corrected chi connectivity index (χ1v) is 6.99. The number of hydrogen-bond donors (Lipinski definition) is 1. The molecule has 18 heavy (non-hydrogen) atoms. The lowest BCUT2D eigenvalue weighted by atomic mass is 10.3. The third-order valence-electron chi connectivity index (χ3n) is 2.79. The van der Waals surface area contributed by atoms with E-state index in [0.717, 1.165) is 0 Å². The van der Waals surface area contributed by atoms with Gasteiger partial charge < -0.3 is 5.32 Å². The lowest BCUT2D eigenvalue weighted by molar-refractivity contribution is 0.283. The number of sulfonamides is 1. The van der Waals surface area contributed by atoms with Gasteiger partial charge in [-0.3, -0.25) is 0 Å². The normalized spacial score (nSPS) is 21.3. The first-order chi connectivity index (χ1) is 8.01. The summed E-state index contributed by atoms with van der Waals surface area (Å²) in [5.74, 6) is 0. The number of nitrogens with zero attached hydrogens (tertiary/aromatic N) is 3. The lowest BCUT2D eigenvalue weighted by Gasteiger charge is -2.32. The number of aromatic nitrogens is 2. The monoisotopic (exact) mass is 292 g/mol. The van der Waals surface area contributed by atoms with Crippen molar-refractivity contribution >= 4 is 22.4 Å². The average molecular weight is 293 g/mol. The summed E-state index contributed by atoms with van der Waals surface area (Å²) in [5, 5.41) is 10.7. The summed E-state index contributed by atoms with van der Waals surface area (Å²) >= 11 is 0. The number of nitrogens with one attached hydrogen (secondary N) is 1. The van der Waals surface area contributed by atoms with Crippen LogP contribution in [0, 0.1) is 6.92 Å². The maximum atomic E-state index is 12.3. The highest BCUT2D eigenvalue weighted by Gasteiger charge is 2.31. The maximum Gasteiger partial charge on any atom is 0.262 e. The number of hydrogen-bond acceptors (Lipinski definition) is 5. The molecule has 1 saturated heterocycles. The van der Waals surface area contributed by atoms with E-state index in [1.54, 1.807) is 13.0 Å². The summed E-state index contributed by atoms with van der Waals surface area (Å²) in [6.45, 7) is 5.46. The van der Waals surface area contributed by atoms with E-state index >= 15 is 0 Å². The highest BCUT2D eigenvalue weighted by atomic mass is 35.5. The summed E-state index contributed by atoms with van der Waals surface area (Å²) in [4.78, 5) is 0. The fraction of sp³-hybridized carbons (Fsp3) is 0.600. The van der Waals surface area contributed by atoms with Crippen LogP contribution in [-0.4, -0.2) is 48.6 Å². The molecule has 0 aromatic carbocycles. The molecule has 0 amide bonds. The molecule has 1 unspecified atom stereocenters. The SMILES string of the molecule is Cc1ccc(S(=O)(=O)N2CCNCC2C)nn1.Cl. The fourth-order valence-electron chi connectivity index (χ4n) is 1.82. The minimum Gasteiger partial charge on any atom is -0.314 e. The van der Waals surface area contributed by atoms with Crippen LogP contribution in [0.5, 0.6) is 0 Å². The van der Waals surface area contributed by atoms with E-state index in [1.165, 1.54) is 10.4 Å². The molecule has 1 aromatic rings. The molecule has 6 nitrogen and oxygen atoms in total. The van der Waals surface area contributed by atoms with Gasteiger partial charge in [-0.2, -0.15) is 9.40 Å². The van der Waals surface area contributed by atoms with Crippen molar-refractivity contribution in [2.24, 2.45) is 0 Å². The molecule has 2 rings (SSSR count). The third-order valence-corrected chi connectivity index (χ3v) is 4.69. The molecule has 1 aliphatic heterocycles. The molecule has 1 atom stereocenters. The Morgan fingerprint density at radius 2 is 2.11 bits per heavy atom. The second-order valence-electron chi connectivity index (χ2n) is 4.18. The van der Waals surface area contributed by atoms with Gasteiger partial charge in [-0.05, 0) is 26.0 Å². The van der Waals surface area contributed by atoms with Crippen molar-refractivity contribution in [1.29, 1.82) is 0 Å². The van der Waals surface area contributed by atoms with Gasteiger partial charge in [0.15, 0.2) is 5.03 Å². The van der Waals surface area contributed by atoms with Crippen LogP contribution in [0.15, 0.2) is 17.2 Å². The summed E-state index contributed by atoms with van der Waals surface area (Å²) in [6, 6.07) is 3.11. The standard InChI is InChI=1S/C10H16N4O2S.ClH/c1-8-3-4-10(13-12-8)17(15,16)14-6-5-11-7-9(14)2;/h3-4,9,11H,5-7H2,1-2H3;1H. The second-order valence-corrected chi connectivity index (χ2v) is 6.02. The van der Waals surface area contributed by atoms with Gasteiger partial charge in [-0.15, -0.1) is 17.5 Å². The highest BCUT2D eigenvalue weighted by Crippen LogP contribution is 2.16. The van der Waals surface area contributed by atoms with Crippen LogP contribution < -0.4 is 5.32 Å².